The molecule has 0 aliphatic rings. The number of nitrogens with two attached hydrogens (primary N) is 1. The Morgan fingerprint density at radius 1 is 1.15 bits per heavy atom. The lowest BCUT2D eigenvalue weighted by atomic mass is 10.2. The number of primary sulfonamides is 1. The Bertz CT molecular complexity index is 1090. The van der Waals surface area contributed by atoms with Crippen LogP contribution in [0, 0.1) is 6.92 Å². The summed E-state index contributed by atoms with van der Waals surface area (Å²) in [5, 5.41) is 16.8. The van der Waals surface area contributed by atoms with Crippen molar-refractivity contribution in [1.29, 1.82) is 0 Å². The molecule has 0 saturated carbocycles. The Balaban J connectivity index is 1.76. The number of hydrogen-bond donors (Lipinski definition) is 2. The number of hydrazone groups is 1. The largest absolute Gasteiger partial charge is 0.293 e. The van der Waals surface area contributed by atoms with Crippen LogP contribution >= 0.6 is 0 Å². The molecule has 0 aliphatic carbocycles. The zero-order chi connectivity index (χ0) is 19.4. The van der Waals surface area contributed by atoms with E-state index in [0.29, 0.717) is 11.4 Å². The van der Waals surface area contributed by atoms with Gasteiger partial charge in [-0.2, -0.15) is 5.10 Å². The van der Waals surface area contributed by atoms with Crippen molar-refractivity contribution in [2.24, 2.45) is 10.2 Å². The van der Waals surface area contributed by atoms with E-state index in [-0.39, 0.29) is 10.6 Å². The normalized spacial score (nSPS) is 11.6. The highest BCUT2D eigenvalue weighted by Crippen LogP contribution is 2.15. The van der Waals surface area contributed by atoms with Crippen LogP contribution in [0.15, 0.2) is 64.6 Å². The van der Waals surface area contributed by atoms with Gasteiger partial charge in [-0.15, -0.1) is 5.10 Å². The molecule has 3 rings (SSSR count). The third-order valence-electron chi connectivity index (χ3n) is 3.70. The highest BCUT2D eigenvalue weighted by molar-refractivity contribution is 7.89. The fourth-order valence-electron chi connectivity index (χ4n) is 2.32. The van der Waals surface area contributed by atoms with E-state index in [1.807, 2.05) is 30.3 Å². The summed E-state index contributed by atoms with van der Waals surface area (Å²) in [7, 11) is -3.78. The summed E-state index contributed by atoms with van der Waals surface area (Å²) in [5.74, 6) is -0.507. The molecule has 1 amide bonds. The molecule has 27 heavy (non-hydrogen) atoms. The Labute approximate surface area is 155 Å². The van der Waals surface area contributed by atoms with E-state index in [9.17, 15) is 13.2 Å². The molecular weight excluding hydrogens is 368 g/mol. The van der Waals surface area contributed by atoms with Crippen LogP contribution in [-0.4, -0.2) is 35.5 Å². The number of benzene rings is 2. The van der Waals surface area contributed by atoms with Gasteiger partial charge >= 0.3 is 0 Å². The predicted molar refractivity (Wildman–Crippen MR) is 99.0 cm³/mol. The lowest BCUT2D eigenvalue weighted by molar-refractivity contribution is 0.0949. The molecule has 2 aromatic carbocycles. The minimum Gasteiger partial charge on any atom is -0.265 e. The minimum absolute atomic E-state index is 0.0164. The van der Waals surface area contributed by atoms with E-state index in [0.717, 1.165) is 5.56 Å². The number of carbonyl (C=O) groups excluding carboxylic acids is 1. The molecule has 3 aromatic rings. The summed E-state index contributed by atoms with van der Waals surface area (Å²) in [6.45, 7) is 1.67. The summed E-state index contributed by atoms with van der Waals surface area (Å²) in [5.41, 5.74) is 4.37. The number of rotatable bonds is 5. The van der Waals surface area contributed by atoms with Crippen molar-refractivity contribution < 1.29 is 13.2 Å². The van der Waals surface area contributed by atoms with Gasteiger partial charge < -0.3 is 0 Å². The van der Waals surface area contributed by atoms with E-state index >= 15 is 0 Å². The molecule has 0 radical (unpaired) electrons. The van der Waals surface area contributed by atoms with Crippen molar-refractivity contribution in [3.63, 3.8) is 0 Å². The van der Waals surface area contributed by atoms with E-state index in [2.05, 4.69) is 20.8 Å². The number of nitrogens with one attached hydrogen (secondary N) is 1. The molecule has 0 atom stereocenters. The summed E-state index contributed by atoms with van der Waals surface area (Å²) < 4.78 is 24.1. The van der Waals surface area contributed by atoms with Crippen LogP contribution in [0.2, 0.25) is 0 Å². The third kappa shape index (κ3) is 4.25. The first-order valence-corrected chi connectivity index (χ1v) is 9.35. The quantitative estimate of drug-likeness (QED) is 0.500. The van der Waals surface area contributed by atoms with Crippen LogP contribution in [0.1, 0.15) is 21.7 Å². The summed E-state index contributed by atoms with van der Waals surface area (Å²) >= 11 is 0. The monoisotopic (exact) mass is 384 g/mol. The van der Waals surface area contributed by atoms with Gasteiger partial charge in [0.05, 0.1) is 22.5 Å². The number of nitrogens with zero attached hydrogens (tertiary/aromatic N) is 4. The van der Waals surface area contributed by atoms with Gasteiger partial charge in [-0.05, 0) is 36.8 Å². The Hall–Kier alpha value is -3.37. The van der Waals surface area contributed by atoms with Gasteiger partial charge in [0.1, 0.15) is 0 Å². The second kappa shape index (κ2) is 7.48. The summed E-state index contributed by atoms with van der Waals surface area (Å²) in [4.78, 5) is 12.2. The van der Waals surface area contributed by atoms with Crippen LogP contribution in [0.4, 0.5) is 0 Å². The molecular formula is C17H16N6O3S. The molecule has 0 saturated heterocycles. The fraction of sp³-hybridized carbons (Fsp3) is 0.0588. The molecule has 3 N–H and O–H groups in total. The van der Waals surface area contributed by atoms with Crippen LogP contribution in [0.5, 0.6) is 0 Å². The zero-order valence-electron chi connectivity index (χ0n) is 14.3. The molecule has 1 heterocycles. The van der Waals surface area contributed by atoms with Crippen molar-refractivity contribution in [2.45, 2.75) is 11.8 Å². The average molecular weight is 384 g/mol. The molecule has 0 aliphatic heterocycles. The molecule has 1 aromatic heterocycles. The fourth-order valence-corrected chi connectivity index (χ4v) is 2.83. The number of hydrogen-bond acceptors (Lipinski definition) is 6. The Kier molecular flexibility index (Phi) is 5.10. The molecule has 0 bridgehead atoms. The van der Waals surface area contributed by atoms with Crippen molar-refractivity contribution in [3.05, 3.63) is 71.5 Å². The maximum absolute atomic E-state index is 12.2. The van der Waals surface area contributed by atoms with E-state index < -0.39 is 15.9 Å². The van der Waals surface area contributed by atoms with Gasteiger partial charge in [0.15, 0.2) is 5.69 Å². The standard InChI is InChI=1S/C17H16N6O3S/c1-12-16(17(24)21-19-11-13-5-3-2-4-6-13)20-22-23(12)14-7-9-15(10-8-14)27(18,25)26/h2-11H,1H3,(H,21,24)(H2,18,25,26)/b19-11+. The highest BCUT2D eigenvalue weighted by atomic mass is 32.2. The number of amides is 1. The van der Waals surface area contributed by atoms with Crippen molar-refractivity contribution >= 4 is 22.1 Å². The van der Waals surface area contributed by atoms with Crippen molar-refractivity contribution in [1.82, 2.24) is 20.4 Å². The minimum atomic E-state index is -3.78. The van der Waals surface area contributed by atoms with Gasteiger partial charge in [-0.25, -0.2) is 23.7 Å². The van der Waals surface area contributed by atoms with Crippen molar-refractivity contribution in [2.75, 3.05) is 0 Å². The van der Waals surface area contributed by atoms with E-state index in [4.69, 9.17) is 5.14 Å². The topological polar surface area (TPSA) is 132 Å². The van der Waals surface area contributed by atoms with Crippen LogP contribution in [0.25, 0.3) is 5.69 Å². The van der Waals surface area contributed by atoms with Crippen molar-refractivity contribution in [3.8, 4) is 5.69 Å². The average Bonchev–Trinajstić information content (AvgIpc) is 3.03. The molecule has 0 unspecified atom stereocenters. The van der Waals surface area contributed by atoms with E-state index in [1.165, 1.54) is 35.2 Å². The summed E-state index contributed by atoms with van der Waals surface area (Å²) in [6.07, 6.45) is 1.52. The highest BCUT2D eigenvalue weighted by Gasteiger charge is 2.17. The molecule has 0 fully saturated rings. The second-order valence-electron chi connectivity index (χ2n) is 5.58. The van der Waals surface area contributed by atoms with Gasteiger partial charge in [0.2, 0.25) is 10.0 Å². The molecule has 9 nitrogen and oxygen atoms in total. The lowest BCUT2D eigenvalue weighted by Gasteiger charge is -2.04. The van der Waals surface area contributed by atoms with Gasteiger partial charge in [0, 0.05) is 0 Å². The molecule has 138 valence electrons. The maximum atomic E-state index is 12.2. The van der Waals surface area contributed by atoms with Gasteiger partial charge in [-0.1, -0.05) is 35.5 Å². The smallest absolute Gasteiger partial charge is 0.265 e. The van der Waals surface area contributed by atoms with Gasteiger partial charge in [0.25, 0.3) is 5.91 Å². The summed E-state index contributed by atoms with van der Waals surface area (Å²) in [6, 6.07) is 15.1. The molecule has 0 spiro atoms. The van der Waals surface area contributed by atoms with Crippen LogP contribution in [-0.2, 0) is 10.0 Å². The maximum Gasteiger partial charge on any atom is 0.293 e. The SMILES string of the molecule is Cc1c(C(=O)N/N=C/c2ccccc2)nnn1-c1ccc(S(N)(=O)=O)cc1. The first kappa shape index (κ1) is 18.4. The number of carbonyl (C=O) groups is 1. The van der Waals surface area contributed by atoms with Crippen LogP contribution < -0.4 is 10.6 Å². The lowest BCUT2D eigenvalue weighted by Crippen LogP contribution is -2.19. The third-order valence-corrected chi connectivity index (χ3v) is 4.63. The molecule has 10 heteroatoms. The second-order valence-corrected chi connectivity index (χ2v) is 7.15. The number of aromatic nitrogens is 3. The van der Waals surface area contributed by atoms with Crippen LogP contribution in [0.3, 0.4) is 0 Å². The zero-order valence-corrected chi connectivity index (χ0v) is 15.1. The Morgan fingerprint density at radius 3 is 2.44 bits per heavy atom. The van der Waals surface area contributed by atoms with Gasteiger partial charge in [-0.3, -0.25) is 4.79 Å². The van der Waals surface area contributed by atoms with E-state index in [1.54, 1.807) is 6.92 Å². The Morgan fingerprint density at radius 2 is 1.81 bits per heavy atom. The predicted octanol–water partition coefficient (Wildman–Crippen LogP) is 0.987. The number of sulfonamides is 1. The first-order chi connectivity index (χ1) is 12.9. The first-order valence-electron chi connectivity index (χ1n) is 7.80.